The van der Waals surface area contributed by atoms with Crippen LogP contribution in [0.4, 0.5) is 0 Å². The van der Waals surface area contributed by atoms with Gasteiger partial charge < -0.3 is 9.73 Å². The van der Waals surface area contributed by atoms with E-state index >= 15 is 0 Å². The highest BCUT2D eigenvalue weighted by molar-refractivity contribution is 7.91. The van der Waals surface area contributed by atoms with Gasteiger partial charge in [-0.2, -0.15) is 0 Å². The summed E-state index contributed by atoms with van der Waals surface area (Å²) in [5, 5.41) is 1.69. The first-order valence-electron chi connectivity index (χ1n) is 8.42. The molecule has 0 aliphatic rings. The highest BCUT2D eigenvalue weighted by atomic mass is 32.2. The molecule has 2 heterocycles. The Balaban J connectivity index is 1.97. The van der Waals surface area contributed by atoms with E-state index in [0.29, 0.717) is 11.1 Å². The molecule has 0 bridgehead atoms. The van der Waals surface area contributed by atoms with E-state index in [1.54, 1.807) is 43.5 Å². The Morgan fingerprint density at radius 3 is 2.67 bits per heavy atom. The Labute approximate surface area is 158 Å². The molecule has 0 fully saturated rings. The van der Waals surface area contributed by atoms with Gasteiger partial charge in [-0.05, 0) is 54.8 Å². The molecule has 0 saturated carbocycles. The Bertz CT molecular complexity index is 1030. The fourth-order valence-electron chi connectivity index (χ4n) is 2.82. The van der Waals surface area contributed by atoms with Gasteiger partial charge in [-0.15, -0.1) is 0 Å². The van der Waals surface area contributed by atoms with Crippen molar-refractivity contribution in [3.05, 3.63) is 83.6 Å². The fourth-order valence-corrected chi connectivity index (χ4v) is 4.79. The molecule has 0 saturated heterocycles. The number of aromatic nitrogens is 1. The van der Waals surface area contributed by atoms with Crippen LogP contribution in [-0.2, 0) is 9.84 Å². The number of carbonyl (C=O) groups excluding carboxylic acids is 1. The van der Waals surface area contributed by atoms with Crippen LogP contribution in [0.25, 0.3) is 0 Å². The smallest absolute Gasteiger partial charge is 0.287 e. The molecular formula is C20H20N2O4S. The van der Waals surface area contributed by atoms with E-state index in [2.05, 4.69) is 10.3 Å². The second-order valence-corrected chi connectivity index (χ2v) is 8.38. The monoisotopic (exact) mass is 384 g/mol. The molecule has 2 aromatic heterocycles. The predicted octanol–water partition coefficient (Wildman–Crippen LogP) is 3.24. The first kappa shape index (κ1) is 18.8. The van der Waals surface area contributed by atoms with Crippen molar-refractivity contribution in [3.63, 3.8) is 0 Å². The second-order valence-electron chi connectivity index (χ2n) is 6.28. The quantitative estimate of drug-likeness (QED) is 0.705. The number of furan rings is 1. The van der Waals surface area contributed by atoms with Gasteiger partial charge in [-0.25, -0.2) is 8.42 Å². The van der Waals surface area contributed by atoms with E-state index in [9.17, 15) is 13.2 Å². The average Bonchev–Trinajstić information content (AvgIpc) is 3.19. The number of hydrogen-bond acceptors (Lipinski definition) is 5. The maximum atomic E-state index is 13.4. The Morgan fingerprint density at radius 2 is 2.00 bits per heavy atom. The summed E-state index contributed by atoms with van der Waals surface area (Å²) in [4.78, 5) is 16.5. The zero-order valence-corrected chi connectivity index (χ0v) is 15.9. The summed E-state index contributed by atoms with van der Waals surface area (Å²) >= 11 is 0. The number of sulfone groups is 1. The molecule has 27 heavy (non-hydrogen) atoms. The summed E-state index contributed by atoms with van der Waals surface area (Å²) in [6, 6.07) is 11.8. The van der Waals surface area contributed by atoms with Crippen molar-refractivity contribution in [1.82, 2.24) is 10.3 Å². The minimum absolute atomic E-state index is 0.0963. The Morgan fingerprint density at radius 1 is 1.19 bits per heavy atom. The second kappa shape index (κ2) is 7.75. The number of nitrogens with zero attached hydrogens (tertiary/aromatic N) is 1. The van der Waals surface area contributed by atoms with Crippen molar-refractivity contribution in [1.29, 1.82) is 0 Å². The topological polar surface area (TPSA) is 89.3 Å². The highest BCUT2D eigenvalue weighted by Gasteiger charge is 2.31. The lowest BCUT2D eigenvalue weighted by molar-refractivity contribution is 0.0926. The molecule has 3 aromatic rings. The van der Waals surface area contributed by atoms with Crippen LogP contribution in [0.15, 0.2) is 70.4 Å². The number of benzene rings is 1. The summed E-state index contributed by atoms with van der Waals surface area (Å²) in [5.74, 6) is -0.339. The molecule has 7 heteroatoms. The molecular weight excluding hydrogens is 364 g/mol. The standard InChI is InChI=1S/C20H20N2O4S/c1-14-7-8-15(2)18(11-14)27(24,25)19(16-5-3-9-21-12-16)13-22-20(23)17-6-4-10-26-17/h3-12,19H,13H2,1-2H3,(H,22,23)/t19-/m0/s1. The maximum absolute atomic E-state index is 13.4. The van der Waals surface area contributed by atoms with Crippen molar-refractivity contribution >= 4 is 15.7 Å². The molecule has 3 rings (SSSR count). The van der Waals surface area contributed by atoms with Crippen LogP contribution in [0.3, 0.4) is 0 Å². The number of amides is 1. The van der Waals surface area contributed by atoms with Crippen LogP contribution in [0, 0.1) is 13.8 Å². The van der Waals surface area contributed by atoms with Crippen LogP contribution >= 0.6 is 0 Å². The number of rotatable bonds is 6. The van der Waals surface area contributed by atoms with Gasteiger partial charge in [-0.3, -0.25) is 9.78 Å². The molecule has 1 N–H and O–H groups in total. The molecule has 0 aliphatic heterocycles. The molecule has 1 amide bonds. The SMILES string of the molecule is Cc1ccc(C)c(S(=O)(=O)[C@@H](CNC(=O)c2ccco2)c2cccnc2)c1. The number of nitrogens with one attached hydrogen (secondary N) is 1. The van der Waals surface area contributed by atoms with Crippen molar-refractivity contribution < 1.29 is 17.6 Å². The average molecular weight is 384 g/mol. The van der Waals surface area contributed by atoms with E-state index in [1.807, 2.05) is 13.0 Å². The van der Waals surface area contributed by atoms with E-state index < -0.39 is 21.0 Å². The highest BCUT2D eigenvalue weighted by Crippen LogP contribution is 2.30. The molecule has 0 radical (unpaired) electrons. The van der Waals surface area contributed by atoms with Crippen molar-refractivity contribution in [2.45, 2.75) is 24.0 Å². The van der Waals surface area contributed by atoms with Gasteiger partial charge in [0.05, 0.1) is 11.2 Å². The van der Waals surface area contributed by atoms with E-state index in [4.69, 9.17) is 4.42 Å². The van der Waals surface area contributed by atoms with E-state index in [1.165, 1.54) is 18.5 Å². The molecule has 1 atom stereocenters. The fraction of sp³-hybridized carbons (Fsp3) is 0.200. The molecule has 140 valence electrons. The third-order valence-corrected chi connectivity index (χ3v) is 6.51. The van der Waals surface area contributed by atoms with Crippen molar-refractivity contribution in [2.24, 2.45) is 0 Å². The lowest BCUT2D eigenvalue weighted by Gasteiger charge is -2.20. The van der Waals surface area contributed by atoms with Gasteiger partial charge in [0.1, 0.15) is 5.25 Å². The number of hydrogen-bond donors (Lipinski definition) is 1. The first-order valence-corrected chi connectivity index (χ1v) is 9.97. The van der Waals surface area contributed by atoms with E-state index in [0.717, 1.165) is 5.56 Å². The lowest BCUT2D eigenvalue weighted by Crippen LogP contribution is -2.32. The summed E-state index contributed by atoms with van der Waals surface area (Å²) in [6.07, 6.45) is 4.47. The summed E-state index contributed by atoms with van der Waals surface area (Å²) in [7, 11) is -3.76. The molecule has 0 aliphatic carbocycles. The van der Waals surface area contributed by atoms with Gasteiger partial charge >= 0.3 is 0 Å². The third-order valence-electron chi connectivity index (χ3n) is 4.27. The van der Waals surface area contributed by atoms with Gasteiger partial charge in [0.2, 0.25) is 0 Å². The first-order chi connectivity index (χ1) is 12.9. The zero-order chi connectivity index (χ0) is 19.4. The molecule has 0 unspecified atom stereocenters. The summed E-state index contributed by atoms with van der Waals surface area (Å²) in [5.41, 5.74) is 2.02. The van der Waals surface area contributed by atoms with Gasteiger partial charge in [0.25, 0.3) is 5.91 Å². The normalized spacial score (nSPS) is 12.5. The van der Waals surface area contributed by atoms with Crippen LogP contribution in [0.1, 0.15) is 32.5 Å². The van der Waals surface area contributed by atoms with Gasteiger partial charge in [0, 0.05) is 18.9 Å². The minimum atomic E-state index is -3.76. The van der Waals surface area contributed by atoms with Crippen LogP contribution < -0.4 is 5.32 Å². The summed E-state index contributed by atoms with van der Waals surface area (Å²) in [6.45, 7) is 3.51. The largest absolute Gasteiger partial charge is 0.459 e. The zero-order valence-electron chi connectivity index (χ0n) is 15.0. The van der Waals surface area contributed by atoms with Gasteiger partial charge in [0.15, 0.2) is 15.6 Å². The lowest BCUT2D eigenvalue weighted by atomic mass is 10.2. The molecule has 0 spiro atoms. The van der Waals surface area contributed by atoms with Crippen molar-refractivity contribution in [2.75, 3.05) is 6.54 Å². The molecule has 6 nitrogen and oxygen atoms in total. The Hall–Kier alpha value is -2.93. The van der Waals surface area contributed by atoms with E-state index in [-0.39, 0.29) is 17.2 Å². The van der Waals surface area contributed by atoms with Gasteiger partial charge in [-0.1, -0.05) is 18.2 Å². The number of pyridine rings is 1. The van der Waals surface area contributed by atoms with Crippen LogP contribution in [-0.4, -0.2) is 25.9 Å². The predicted molar refractivity (Wildman–Crippen MR) is 101 cm³/mol. The minimum Gasteiger partial charge on any atom is -0.459 e. The van der Waals surface area contributed by atoms with Crippen molar-refractivity contribution in [3.8, 4) is 0 Å². The number of aryl methyl sites for hydroxylation is 2. The van der Waals surface area contributed by atoms with Crippen LogP contribution in [0.2, 0.25) is 0 Å². The Kier molecular flexibility index (Phi) is 5.41. The number of carbonyl (C=O) groups is 1. The maximum Gasteiger partial charge on any atom is 0.287 e. The summed E-state index contributed by atoms with van der Waals surface area (Å²) < 4.78 is 31.9. The molecule has 1 aromatic carbocycles. The van der Waals surface area contributed by atoms with Crippen LogP contribution in [0.5, 0.6) is 0 Å². The third kappa shape index (κ3) is 4.09.